The number of nitrogens with zero attached hydrogens (tertiary/aromatic N) is 1. The fourth-order valence-electron chi connectivity index (χ4n) is 1.05. The van der Waals surface area contributed by atoms with Gasteiger partial charge in [0.1, 0.15) is 5.60 Å². The van der Waals surface area contributed by atoms with Crippen LogP contribution in [0.3, 0.4) is 0 Å². The average Bonchev–Trinajstić information content (AvgIpc) is 2.86. The van der Waals surface area contributed by atoms with Crippen molar-refractivity contribution in [2.24, 2.45) is 0 Å². The fourth-order valence-corrected chi connectivity index (χ4v) is 1.05. The third-order valence-electron chi connectivity index (χ3n) is 2.04. The molecule has 0 atom stereocenters. The van der Waals surface area contributed by atoms with Gasteiger partial charge < -0.3 is 5.11 Å². The first-order valence-corrected chi connectivity index (χ1v) is 4.41. The summed E-state index contributed by atoms with van der Waals surface area (Å²) < 4.78 is 0. The lowest BCUT2D eigenvalue weighted by atomic mass is 10.2. The van der Waals surface area contributed by atoms with E-state index in [0.29, 0.717) is 6.42 Å². The van der Waals surface area contributed by atoms with Gasteiger partial charge in [-0.05, 0) is 25.0 Å². The van der Waals surface area contributed by atoms with E-state index in [1.165, 1.54) is 0 Å². The predicted molar refractivity (Wildman–Crippen MR) is 49.9 cm³/mol. The highest BCUT2D eigenvalue weighted by molar-refractivity contribution is 5.24. The second-order valence-corrected chi connectivity index (χ2v) is 3.33. The highest BCUT2D eigenvalue weighted by Gasteiger charge is 2.38. The van der Waals surface area contributed by atoms with Crippen molar-refractivity contribution < 1.29 is 5.11 Å². The Balaban J connectivity index is 1.95. The summed E-state index contributed by atoms with van der Waals surface area (Å²) in [5.74, 6) is 5.79. The van der Waals surface area contributed by atoms with E-state index in [9.17, 15) is 5.11 Å². The number of hydrogen-bond acceptors (Lipinski definition) is 2. The number of aliphatic hydroxyl groups is 1. The van der Waals surface area contributed by atoms with Crippen molar-refractivity contribution in [3.63, 3.8) is 0 Å². The number of rotatable bonds is 1. The Bertz CT molecular complexity index is 343. The molecule has 1 aromatic heterocycles. The third-order valence-corrected chi connectivity index (χ3v) is 2.04. The van der Waals surface area contributed by atoms with Crippen molar-refractivity contribution in [2.45, 2.75) is 24.9 Å². The maximum Gasteiger partial charge on any atom is 0.125 e. The quantitative estimate of drug-likeness (QED) is 0.646. The molecular weight excluding hydrogens is 162 g/mol. The van der Waals surface area contributed by atoms with Gasteiger partial charge in [0.05, 0.1) is 12.1 Å². The number of aromatic nitrogens is 1. The summed E-state index contributed by atoms with van der Waals surface area (Å²) in [6.07, 6.45) is 4.02. The molecule has 0 spiro atoms. The van der Waals surface area contributed by atoms with Gasteiger partial charge in [-0.15, -0.1) is 0 Å². The molecule has 0 aliphatic heterocycles. The van der Waals surface area contributed by atoms with Crippen molar-refractivity contribution in [1.29, 1.82) is 0 Å². The van der Waals surface area contributed by atoms with Crippen LogP contribution in [-0.4, -0.2) is 15.7 Å². The van der Waals surface area contributed by atoms with E-state index in [4.69, 9.17) is 0 Å². The van der Waals surface area contributed by atoms with Gasteiger partial charge in [-0.3, -0.25) is 4.98 Å². The van der Waals surface area contributed by atoms with Crippen molar-refractivity contribution in [3.05, 3.63) is 30.1 Å². The zero-order valence-electron chi connectivity index (χ0n) is 7.33. The number of pyridine rings is 1. The van der Waals surface area contributed by atoms with Crippen LogP contribution in [0.4, 0.5) is 0 Å². The molecule has 1 N–H and O–H groups in total. The molecule has 0 bridgehead atoms. The fraction of sp³-hybridized carbons (Fsp3) is 0.364. The highest BCUT2D eigenvalue weighted by atomic mass is 16.3. The topological polar surface area (TPSA) is 33.1 Å². The zero-order chi connectivity index (χ0) is 9.15. The number of hydrogen-bond donors (Lipinski definition) is 1. The molecular formula is C11H11NO. The van der Waals surface area contributed by atoms with Gasteiger partial charge >= 0.3 is 0 Å². The van der Waals surface area contributed by atoms with E-state index in [1.807, 2.05) is 18.2 Å². The molecule has 0 radical (unpaired) electrons. The molecule has 0 amide bonds. The molecule has 0 saturated heterocycles. The largest absolute Gasteiger partial charge is 0.378 e. The molecule has 1 heterocycles. The van der Waals surface area contributed by atoms with E-state index in [0.717, 1.165) is 18.5 Å². The smallest absolute Gasteiger partial charge is 0.125 e. The minimum Gasteiger partial charge on any atom is -0.378 e. The Morgan fingerprint density at radius 1 is 1.46 bits per heavy atom. The maximum absolute atomic E-state index is 9.41. The first-order valence-electron chi connectivity index (χ1n) is 4.41. The van der Waals surface area contributed by atoms with Crippen LogP contribution in [0.5, 0.6) is 0 Å². The summed E-state index contributed by atoms with van der Waals surface area (Å²) in [5.41, 5.74) is 0.300. The Kier molecular flexibility index (Phi) is 2.03. The first-order chi connectivity index (χ1) is 6.29. The molecule has 0 aromatic carbocycles. The summed E-state index contributed by atoms with van der Waals surface area (Å²) in [7, 11) is 0. The average molecular weight is 173 g/mol. The van der Waals surface area contributed by atoms with Crippen LogP contribution >= 0.6 is 0 Å². The molecule has 1 aliphatic rings. The van der Waals surface area contributed by atoms with Crippen molar-refractivity contribution >= 4 is 0 Å². The van der Waals surface area contributed by atoms with E-state index in [1.54, 1.807) is 6.20 Å². The Labute approximate surface area is 77.6 Å². The van der Waals surface area contributed by atoms with E-state index >= 15 is 0 Å². The van der Waals surface area contributed by atoms with Crippen LogP contribution in [0, 0.1) is 11.8 Å². The summed E-state index contributed by atoms with van der Waals surface area (Å²) in [6, 6.07) is 5.76. The van der Waals surface area contributed by atoms with Gasteiger partial charge in [0.25, 0.3) is 0 Å². The SMILES string of the molecule is OC1(C#CCc2ccccn2)CC1. The van der Waals surface area contributed by atoms with Gasteiger partial charge in [0.2, 0.25) is 0 Å². The lowest BCUT2D eigenvalue weighted by molar-refractivity contribution is 0.212. The monoisotopic (exact) mass is 173 g/mol. The Morgan fingerprint density at radius 2 is 2.31 bits per heavy atom. The van der Waals surface area contributed by atoms with E-state index < -0.39 is 5.60 Å². The molecule has 2 nitrogen and oxygen atoms in total. The van der Waals surface area contributed by atoms with Crippen molar-refractivity contribution in [2.75, 3.05) is 0 Å². The van der Waals surface area contributed by atoms with E-state index in [-0.39, 0.29) is 0 Å². The van der Waals surface area contributed by atoms with Crippen LogP contribution in [0.1, 0.15) is 18.5 Å². The zero-order valence-corrected chi connectivity index (χ0v) is 7.33. The molecule has 1 saturated carbocycles. The summed E-state index contributed by atoms with van der Waals surface area (Å²) in [4.78, 5) is 4.13. The third kappa shape index (κ3) is 2.30. The molecule has 1 aliphatic carbocycles. The second-order valence-electron chi connectivity index (χ2n) is 3.33. The lowest BCUT2D eigenvalue weighted by Crippen LogP contribution is -2.00. The van der Waals surface area contributed by atoms with Crippen LogP contribution < -0.4 is 0 Å². The molecule has 1 fully saturated rings. The normalized spacial score (nSPS) is 17.3. The first kappa shape index (κ1) is 8.28. The van der Waals surface area contributed by atoms with Crippen LogP contribution in [0.15, 0.2) is 24.4 Å². The van der Waals surface area contributed by atoms with Gasteiger partial charge in [-0.2, -0.15) is 0 Å². The van der Waals surface area contributed by atoms with Gasteiger partial charge in [0, 0.05) is 6.20 Å². The van der Waals surface area contributed by atoms with Crippen LogP contribution in [0.2, 0.25) is 0 Å². The maximum atomic E-state index is 9.41. The summed E-state index contributed by atoms with van der Waals surface area (Å²) in [5, 5.41) is 9.41. The second kappa shape index (κ2) is 3.20. The molecule has 13 heavy (non-hydrogen) atoms. The molecule has 0 unspecified atom stereocenters. The van der Waals surface area contributed by atoms with E-state index in [2.05, 4.69) is 16.8 Å². The lowest BCUT2D eigenvalue weighted by Gasteiger charge is -1.93. The van der Waals surface area contributed by atoms with Gasteiger partial charge in [-0.25, -0.2) is 0 Å². The van der Waals surface area contributed by atoms with Crippen molar-refractivity contribution in [3.8, 4) is 11.8 Å². The molecule has 1 aromatic rings. The molecule has 66 valence electrons. The molecule has 2 rings (SSSR count). The van der Waals surface area contributed by atoms with Crippen LogP contribution in [-0.2, 0) is 6.42 Å². The summed E-state index contributed by atoms with van der Waals surface area (Å²) >= 11 is 0. The summed E-state index contributed by atoms with van der Waals surface area (Å²) in [6.45, 7) is 0. The highest BCUT2D eigenvalue weighted by Crippen LogP contribution is 2.33. The van der Waals surface area contributed by atoms with Crippen molar-refractivity contribution in [1.82, 2.24) is 4.98 Å². The minimum atomic E-state index is -0.658. The molecule has 2 heteroatoms. The minimum absolute atomic E-state index is 0.628. The Morgan fingerprint density at radius 3 is 2.92 bits per heavy atom. The van der Waals surface area contributed by atoms with Crippen LogP contribution in [0.25, 0.3) is 0 Å². The standard InChI is InChI=1S/C11H11NO/c13-11(7-8-11)6-3-5-10-4-1-2-9-12-10/h1-2,4,9,13H,5,7-8H2. The van der Waals surface area contributed by atoms with Gasteiger partial charge in [0.15, 0.2) is 0 Å². The Hall–Kier alpha value is -1.33. The van der Waals surface area contributed by atoms with Gasteiger partial charge in [-0.1, -0.05) is 17.9 Å². The predicted octanol–water partition coefficient (Wildman–Crippen LogP) is 1.15.